The van der Waals surface area contributed by atoms with Gasteiger partial charge in [0.15, 0.2) is 0 Å². The van der Waals surface area contributed by atoms with Crippen LogP contribution in [-0.2, 0) is 16.0 Å². The minimum absolute atomic E-state index is 0.0809. The Hall–Kier alpha value is -1.88. The largest absolute Gasteiger partial charge is 0.425 e. The van der Waals surface area contributed by atoms with Crippen molar-refractivity contribution < 1.29 is 14.3 Å². The van der Waals surface area contributed by atoms with Crippen molar-refractivity contribution in [3.63, 3.8) is 0 Å². The van der Waals surface area contributed by atoms with Gasteiger partial charge in [0.1, 0.15) is 11.8 Å². The average Bonchev–Trinajstić information content (AvgIpc) is 2.20. The first kappa shape index (κ1) is 12.2. The molecule has 1 rings (SSSR count). The summed E-state index contributed by atoms with van der Waals surface area (Å²) in [6.45, 7) is 1.51. The summed E-state index contributed by atoms with van der Waals surface area (Å²) in [6, 6.07) is 5.87. The Balaban J connectivity index is 2.86. The number of hydrogen-bond acceptors (Lipinski definition) is 4. The second-order valence-electron chi connectivity index (χ2n) is 3.42. The summed E-state index contributed by atoms with van der Waals surface area (Å²) in [7, 11) is 0. The van der Waals surface area contributed by atoms with Gasteiger partial charge in [-0.3, -0.25) is 10.5 Å². The Kier molecular flexibility index (Phi) is 4.02. The predicted molar refractivity (Wildman–Crippen MR) is 57.5 cm³/mol. The van der Waals surface area contributed by atoms with Gasteiger partial charge in [-0.25, -0.2) is 4.79 Å². The summed E-state index contributed by atoms with van der Waals surface area (Å²) >= 11 is 0. The third kappa shape index (κ3) is 3.36. The maximum atomic E-state index is 11.3. The minimum Gasteiger partial charge on any atom is -0.425 e. The molecule has 0 spiro atoms. The molecule has 0 aliphatic rings. The molecule has 3 N–H and O–H groups in total. The highest BCUT2D eigenvalue weighted by Gasteiger charge is 2.13. The van der Waals surface area contributed by atoms with Crippen LogP contribution < -0.4 is 16.2 Å². The van der Waals surface area contributed by atoms with Gasteiger partial charge in [0.05, 0.1) is 6.42 Å². The fraction of sp³-hybridized carbons (Fsp3) is 0.273. The van der Waals surface area contributed by atoms with Crippen molar-refractivity contribution in [3.05, 3.63) is 29.8 Å². The molecule has 0 fully saturated rings. The minimum atomic E-state index is -0.732. The number of nitrogens with two attached hydrogens (primary N) is 1. The third-order valence-corrected chi connectivity index (χ3v) is 1.91. The van der Waals surface area contributed by atoms with E-state index in [1.807, 2.05) is 0 Å². The van der Waals surface area contributed by atoms with Crippen LogP contribution in [-0.4, -0.2) is 17.9 Å². The topological polar surface area (TPSA) is 93.2 Å². The lowest BCUT2D eigenvalue weighted by atomic mass is 10.1. The SMILES string of the molecule is CC(N)C(=O)Oc1ccccc1CC([NH])=O. The monoisotopic (exact) mass is 221 g/mol. The summed E-state index contributed by atoms with van der Waals surface area (Å²) in [4.78, 5) is 22.0. The van der Waals surface area contributed by atoms with Gasteiger partial charge >= 0.3 is 5.97 Å². The highest BCUT2D eigenvalue weighted by Crippen LogP contribution is 2.18. The summed E-state index contributed by atoms with van der Waals surface area (Å²) in [5.74, 6) is -1.01. The molecule has 85 valence electrons. The second-order valence-corrected chi connectivity index (χ2v) is 3.42. The molecular weight excluding hydrogens is 208 g/mol. The predicted octanol–water partition coefficient (Wildman–Crippen LogP) is 0.291. The molecule has 5 nitrogen and oxygen atoms in total. The molecule has 0 saturated carbocycles. The van der Waals surface area contributed by atoms with E-state index in [2.05, 4.69) is 0 Å². The molecule has 0 bridgehead atoms. The molecule has 1 amide bonds. The van der Waals surface area contributed by atoms with E-state index in [0.717, 1.165) is 0 Å². The van der Waals surface area contributed by atoms with Gasteiger partial charge in [-0.2, -0.15) is 0 Å². The molecule has 0 heterocycles. The average molecular weight is 221 g/mol. The van der Waals surface area contributed by atoms with Crippen molar-refractivity contribution >= 4 is 11.9 Å². The fourth-order valence-corrected chi connectivity index (χ4v) is 1.12. The molecule has 0 aromatic heterocycles. The molecule has 0 aliphatic heterocycles. The van der Waals surface area contributed by atoms with Crippen LogP contribution in [0, 0.1) is 0 Å². The van der Waals surface area contributed by atoms with E-state index in [-0.39, 0.29) is 12.2 Å². The highest BCUT2D eigenvalue weighted by molar-refractivity contribution is 5.80. The number of para-hydroxylation sites is 1. The molecule has 1 radical (unpaired) electrons. The number of rotatable bonds is 4. The summed E-state index contributed by atoms with van der Waals surface area (Å²) in [5.41, 5.74) is 12.7. The molecule has 1 atom stereocenters. The zero-order valence-electron chi connectivity index (χ0n) is 8.90. The van der Waals surface area contributed by atoms with Crippen molar-refractivity contribution in [3.8, 4) is 5.75 Å². The smallest absolute Gasteiger partial charge is 0.328 e. The molecule has 1 aromatic rings. The fourth-order valence-electron chi connectivity index (χ4n) is 1.12. The van der Waals surface area contributed by atoms with Crippen molar-refractivity contribution in [1.29, 1.82) is 0 Å². The lowest BCUT2D eigenvalue weighted by Crippen LogP contribution is -2.31. The number of carbonyl (C=O) groups excluding carboxylic acids is 2. The number of ether oxygens (including phenoxy) is 1. The lowest BCUT2D eigenvalue weighted by molar-refractivity contribution is -0.135. The van der Waals surface area contributed by atoms with Crippen molar-refractivity contribution in [2.45, 2.75) is 19.4 Å². The Bertz CT molecular complexity index is 402. The van der Waals surface area contributed by atoms with Crippen LogP contribution in [0.2, 0.25) is 0 Å². The van der Waals surface area contributed by atoms with E-state index in [4.69, 9.17) is 16.2 Å². The van der Waals surface area contributed by atoms with Crippen molar-refractivity contribution in [2.24, 2.45) is 5.73 Å². The van der Waals surface area contributed by atoms with E-state index in [0.29, 0.717) is 5.56 Å². The van der Waals surface area contributed by atoms with Gasteiger partial charge < -0.3 is 10.5 Å². The van der Waals surface area contributed by atoms with Crippen LogP contribution in [0.25, 0.3) is 0 Å². The standard InChI is InChI=1S/C11H13N2O3/c1-7(12)11(15)16-9-5-3-2-4-8(9)6-10(13)14/h2-5,7,13H,6,12H2,1H3. The molecule has 1 unspecified atom stereocenters. The van der Waals surface area contributed by atoms with Crippen LogP contribution >= 0.6 is 0 Å². The van der Waals surface area contributed by atoms with Crippen LogP contribution in [0.5, 0.6) is 5.75 Å². The third-order valence-electron chi connectivity index (χ3n) is 1.91. The Labute approximate surface area is 93.4 Å². The molecule has 1 aromatic carbocycles. The molecule has 0 aliphatic carbocycles. The number of nitrogens with one attached hydrogen (secondary N) is 1. The van der Waals surface area contributed by atoms with Gasteiger partial charge in [-0.15, -0.1) is 0 Å². The Morgan fingerprint density at radius 3 is 2.62 bits per heavy atom. The van der Waals surface area contributed by atoms with E-state index in [1.54, 1.807) is 24.3 Å². The molecular formula is C11H13N2O3. The Morgan fingerprint density at radius 2 is 2.06 bits per heavy atom. The summed E-state index contributed by atoms with van der Waals surface area (Å²) < 4.78 is 5.01. The molecule has 16 heavy (non-hydrogen) atoms. The first-order chi connectivity index (χ1) is 7.50. The van der Waals surface area contributed by atoms with E-state index in [9.17, 15) is 9.59 Å². The second kappa shape index (κ2) is 5.27. The first-order valence-corrected chi connectivity index (χ1v) is 4.80. The molecule has 0 saturated heterocycles. The van der Waals surface area contributed by atoms with Crippen LogP contribution in [0.3, 0.4) is 0 Å². The molecule has 5 heteroatoms. The van der Waals surface area contributed by atoms with E-state index >= 15 is 0 Å². The number of amides is 1. The maximum Gasteiger partial charge on any atom is 0.328 e. The van der Waals surface area contributed by atoms with Gasteiger partial charge in [0.2, 0.25) is 5.91 Å². The van der Waals surface area contributed by atoms with Crippen molar-refractivity contribution in [2.75, 3.05) is 0 Å². The summed E-state index contributed by atoms with van der Waals surface area (Å²) in [6.07, 6.45) is -0.0809. The number of esters is 1. The zero-order valence-corrected chi connectivity index (χ0v) is 8.90. The van der Waals surface area contributed by atoms with Gasteiger partial charge in [-0.05, 0) is 13.0 Å². The maximum absolute atomic E-state index is 11.3. The van der Waals surface area contributed by atoms with Gasteiger partial charge in [0, 0.05) is 5.56 Å². The highest BCUT2D eigenvalue weighted by atomic mass is 16.5. The van der Waals surface area contributed by atoms with Gasteiger partial charge in [0.25, 0.3) is 0 Å². The van der Waals surface area contributed by atoms with Crippen LogP contribution in [0.4, 0.5) is 0 Å². The summed E-state index contributed by atoms with van der Waals surface area (Å²) in [5, 5.41) is 0. The van der Waals surface area contributed by atoms with Crippen molar-refractivity contribution in [1.82, 2.24) is 5.73 Å². The number of benzene rings is 1. The number of carbonyl (C=O) groups is 2. The van der Waals surface area contributed by atoms with Gasteiger partial charge in [-0.1, -0.05) is 18.2 Å². The number of hydrogen-bond donors (Lipinski definition) is 1. The quantitative estimate of drug-likeness (QED) is 0.584. The normalized spacial score (nSPS) is 11.9. The lowest BCUT2D eigenvalue weighted by Gasteiger charge is -2.10. The first-order valence-electron chi connectivity index (χ1n) is 4.80. The van der Waals surface area contributed by atoms with E-state index < -0.39 is 17.9 Å². The van der Waals surface area contributed by atoms with E-state index in [1.165, 1.54) is 6.92 Å². The van der Waals surface area contributed by atoms with Crippen LogP contribution in [0.15, 0.2) is 24.3 Å². The van der Waals surface area contributed by atoms with Crippen LogP contribution in [0.1, 0.15) is 12.5 Å². The zero-order chi connectivity index (χ0) is 12.1. The Morgan fingerprint density at radius 1 is 1.44 bits per heavy atom.